The van der Waals surface area contributed by atoms with Crippen LogP contribution in [0.5, 0.6) is 0 Å². The highest BCUT2D eigenvalue weighted by Crippen LogP contribution is 2.10. The van der Waals surface area contributed by atoms with Crippen molar-refractivity contribution in [2.24, 2.45) is 0 Å². The number of hydrogen-bond acceptors (Lipinski definition) is 2. The van der Waals surface area contributed by atoms with Gasteiger partial charge in [0.1, 0.15) is 0 Å². The maximum absolute atomic E-state index is 11.9. The number of amides is 1. The largest absolute Gasteiger partial charge is 0.459 e. The third kappa shape index (κ3) is 2.16. The summed E-state index contributed by atoms with van der Waals surface area (Å²) in [5, 5.41) is 0. The second kappa shape index (κ2) is 4.84. The quantitative estimate of drug-likeness (QED) is 0.739. The number of nitrogens with zero attached hydrogens (tertiary/aromatic N) is 1. The lowest BCUT2D eigenvalue weighted by Crippen LogP contribution is -2.37. The Morgan fingerprint density at radius 3 is 2.71 bits per heavy atom. The van der Waals surface area contributed by atoms with Gasteiger partial charge in [-0.15, -0.1) is 0 Å². The molecule has 0 radical (unpaired) electrons. The Balaban J connectivity index is 2.75. The van der Waals surface area contributed by atoms with Gasteiger partial charge in [-0.05, 0) is 32.4 Å². The van der Waals surface area contributed by atoms with Gasteiger partial charge in [0, 0.05) is 12.6 Å². The van der Waals surface area contributed by atoms with Gasteiger partial charge in [0.15, 0.2) is 5.76 Å². The molecule has 1 aromatic rings. The maximum Gasteiger partial charge on any atom is 0.289 e. The first-order chi connectivity index (χ1) is 6.70. The van der Waals surface area contributed by atoms with E-state index in [1.165, 1.54) is 6.26 Å². The standard InChI is InChI=1S/C11H17NO2/c1-4-9(3)12(5-2)11(13)10-7-6-8-14-10/h6-9H,4-5H2,1-3H3. The fourth-order valence-corrected chi connectivity index (χ4v) is 1.42. The van der Waals surface area contributed by atoms with Gasteiger partial charge >= 0.3 is 0 Å². The van der Waals surface area contributed by atoms with Crippen LogP contribution in [0.2, 0.25) is 0 Å². The van der Waals surface area contributed by atoms with Crippen molar-refractivity contribution in [3.63, 3.8) is 0 Å². The first-order valence-electron chi connectivity index (χ1n) is 5.05. The van der Waals surface area contributed by atoms with Crippen molar-refractivity contribution in [1.29, 1.82) is 0 Å². The molecule has 0 saturated carbocycles. The lowest BCUT2D eigenvalue weighted by Gasteiger charge is -2.26. The molecule has 0 aliphatic rings. The van der Waals surface area contributed by atoms with E-state index >= 15 is 0 Å². The minimum Gasteiger partial charge on any atom is -0.459 e. The number of rotatable bonds is 4. The number of carbonyl (C=O) groups excluding carboxylic acids is 1. The van der Waals surface area contributed by atoms with Crippen LogP contribution in [0, 0.1) is 0 Å². The van der Waals surface area contributed by atoms with E-state index in [2.05, 4.69) is 6.92 Å². The molecule has 3 heteroatoms. The highest BCUT2D eigenvalue weighted by molar-refractivity contribution is 5.91. The van der Waals surface area contributed by atoms with Crippen LogP contribution in [0.1, 0.15) is 37.7 Å². The highest BCUT2D eigenvalue weighted by Gasteiger charge is 2.20. The first kappa shape index (κ1) is 10.8. The van der Waals surface area contributed by atoms with E-state index in [9.17, 15) is 4.79 Å². The zero-order valence-corrected chi connectivity index (χ0v) is 8.99. The Hall–Kier alpha value is -1.25. The van der Waals surface area contributed by atoms with Gasteiger partial charge in [-0.3, -0.25) is 4.79 Å². The summed E-state index contributed by atoms with van der Waals surface area (Å²) in [4.78, 5) is 13.7. The topological polar surface area (TPSA) is 33.5 Å². The third-order valence-electron chi connectivity index (χ3n) is 2.46. The average molecular weight is 195 g/mol. The Kier molecular flexibility index (Phi) is 3.74. The van der Waals surface area contributed by atoms with Crippen molar-refractivity contribution in [1.82, 2.24) is 4.90 Å². The Bertz CT molecular complexity index is 279. The molecular formula is C11H17NO2. The number of hydrogen-bond donors (Lipinski definition) is 0. The summed E-state index contributed by atoms with van der Waals surface area (Å²) < 4.78 is 5.08. The molecule has 0 aliphatic heterocycles. The minimum absolute atomic E-state index is 0.0214. The van der Waals surface area contributed by atoms with Crippen LogP contribution in [-0.4, -0.2) is 23.4 Å². The van der Waals surface area contributed by atoms with Crippen LogP contribution in [0.3, 0.4) is 0 Å². The molecule has 0 aliphatic carbocycles. The predicted molar refractivity (Wildman–Crippen MR) is 55.2 cm³/mol. The molecule has 0 spiro atoms. The SMILES string of the molecule is CCC(C)N(CC)C(=O)c1ccco1. The summed E-state index contributed by atoms with van der Waals surface area (Å²) in [6, 6.07) is 3.70. The van der Waals surface area contributed by atoms with Crippen LogP contribution >= 0.6 is 0 Å². The van der Waals surface area contributed by atoms with Crippen molar-refractivity contribution in [3.8, 4) is 0 Å². The predicted octanol–water partition coefficient (Wildman–Crippen LogP) is 2.54. The second-order valence-corrected chi connectivity index (χ2v) is 3.33. The van der Waals surface area contributed by atoms with Gasteiger partial charge in [-0.25, -0.2) is 0 Å². The van der Waals surface area contributed by atoms with E-state index < -0.39 is 0 Å². The van der Waals surface area contributed by atoms with Crippen LogP contribution in [-0.2, 0) is 0 Å². The van der Waals surface area contributed by atoms with Crippen molar-refractivity contribution in [2.75, 3.05) is 6.54 Å². The summed E-state index contributed by atoms with van der Waals surface area (Å²) in [6.45, 7) is 6.81. The fraction of sp³-hybridized carbons (Fsp3) is 0.545. The molecule has 1 amide bonds. The monoisotopic (exact) mass is 195 g/mol. The van der Waals surface area contributed by atoms with Gasteiger partial charge < -0.3 is 9.32 Å². The Labute approximate surface area is 84.7 Å². The second-order valence-electron chi connectivity index (χ2n) is 3.33. The van der Waals surface area contributed by atoms with Crippen molar-refractivity contribution in [2.45, 2.75) is 33.2 Å². The fourth-order valence-electron chi connectivity index (χ4n) is 1.42. The van der Waals surface area contributed by atoms with E-state index in [4.69, 9.17) is 4.42 Å². The Morgan fingerprint density at radius 1 is 1.57 bits per heavy atom. The molecule has 1 unspecified atom stereocenters. The molecule has 0 saturated heterocycles. The van der Waals surface area contributed by atoms with E-state index in [1.54, 1.807) is 12.1 Å². The van der Waals surface area contributed by atoms with E-state index in [0.29, 0.717) is 12.3 Å². The van der Waals surface area contributed by atoms with Gasteiger partial charge in [-0.1, -0.05) is 6.92 Å². The van der Waals surface area contributed by atoms with Crippen LogP contribution in [0.15, 0.2) is 22.8 Å². The maximum atomic E-state index is 11.9. The lowest BCUT2D eigenvalue weighted by molar-refractivity contribution is 0.0667. The van der Waals surface area contributed by atoms with Crippen molar-refractivity contribution in [3.05, 3.63) is 24.2 Å². The molecule has 0 fully saturated rings. The van der Waals surface area contributed by atoms with Gasteiger partial charge in [-0.2, -0.15) is 0 Å². The molecule has 1 rings (SSSR count). The normalized spacial score (nSPS) is 12.5. The summed E-state index contributed by atoms with van der Waals surface area (Å²) in [6.07, 6.45) is 2.48. The van der Waals surface area contributed by atoms with Crippen molar-refractivity contribution < 1.29 is 9.21 Å². The van der Waals surface area contributed by atoms with E-state index in [1.807, 2.05) is 18.7 Å². The molecule has 1 heterocycles. The van der Waals surface area contributed by atoms with Gasteiger partial charge in [0.2, 0.25) is 0 Å². The van der Waals surface area contributed by atoms with Crippen molar-refractivity contribution >= 4 is 5.91 Å². The first-order valence-corrected chi connectivity index (χ1v) is 5.05. The molecule has 14 heavy (non-hydrogen) atoms. The molecule has 0 N–H and O–H groups in total. The zero-order valence-electron chi connectivity index (χ0n) is 8.99. The summed E-state index contributed by atoms with van der Waals surface area (Å²) >= 11 is 0. The molecule has 0 aromatic carbocycles. The molecule has 1 aromatic heterocycles. The summed E-state index contributed by atoms with van der Waals surface area (Å²) in [7, 11) is 0. The number of carbonyl (C=O) groups is 1. The van der Waals surface area contributed by atoms with E-state index in [-0.39, 0.29) is 11.9 Å². The lowest BCUT2D eigenvalue weighted by atomic mass is 10.2. The van der Waals surface area contributed by atoms with Gasteiger partial charge in [0.05, 0.1) is 6.26 Å². The minimum atomic E-state index is -0.0214. The molecular weight excluding hydrogens is 178 g/mol. The third-order valence-corrected chi connectivity index (χ3v) is 2.46. The van der Waals surface area contributed by atoms with E-state index in [0.717, 1.165) is 6.42 Å². The molecule has 78 valence electrons. The molecule has 1 atom stereocenters. The zero-order chi connectivity index (χ0) is 10.6. The molecule has 3 nitrogen and oxygen atoms in total. The van der Waals surface area contributed by atoms with Gasteiger partial charge in [0.25, 0.3) is 5.91 Å². The Morgan fingerprint density at radius 2 is 2.29 bits per heavy atom. The summed E-state index contributed by atoms with van der Waals surface area (Å²) in [5.41, 5.74) is 0. The van der Waals surface area contributed by atoms with Crippen LogP contribution in [0.25, 0.3) is 0 Å². The van der Waals surface area contributed by atoms with Crippen LogP contribution in [0.4, 0.5) is 0 Å². The summed E-state index contributed by atoms with van der Waals surface area (Å²) in [5.74, 6) is 0.402. The smallest absolute Gasteiger partial charge is 0.289 e. The molecule has 0 bridgehead atoms. The van der Waals surface area contributed by atoms with Crippen LogP contribution < -0.4 is 0 Å². The highest BCUT2D eigenvalue weighted by atomic mass is 16.3. The number of furan rings is 1. The average Bonchev–Trinajstić information content (AvgIpc) is 2.71.